The highest BCUT2D eigenvalue weighted by Gasteiger charge is 2.11. The standard InChI is InChI=1S/C19H18/c1-14(2)17-13-12-15-8-6-7-11-18(15)19(17)16-9-4-3-5-10-16/h3-14H,1-2H3. The quantitative estimate of drug-likeness (QED) is 0.549. The number of hydrogen-bond donors (Lipinski definition) is 0. The maximum Gasteiger partial charge on any atom is -0.00707 e. The minimum atomic E-state index is 0.528. The lowest BCUT2D eigenvalue weighted by atomic mass is 9.88. The molecule has 0 aliphatic heterocycles. The van der Waals surface area contributed by atoms with Gasteiger partial charge in [0.1, 0.15) is 0 Å². The number of fused-ring (bicyclic) bond motifs is 1. The number of rotatable bonds is 2. The van der Waals surface area contributed by atoms with Gasteiger partial charge in [-0.2, -0.15) is 0 Å². The van der Waals surface area contributed by atoms with Gasteiger partial charge in [-0.15, -0.1) is 0 Å². The van der Waals surface area contributed by atoms with E-state index in [0.29, 0.717) is 5.92 Å². The Morgan fingerprint density at radius 3 is 2.11 bits per heavy atom. The lowest BCUT2D eigenvalue weighted by Gasteiger charge is -2.16. The second kappa shape index (κ2) is 4.89. The first-order valence-corrected chi connectivity index (χ1v) is 6.84. The maximum atomic E-state index is 2.27. The third-order valence-corrected chi connectivity index (χ3v) is 3.65. The van der Waals surface area contributed by atoms with Crippen molar-refractivity contribution in [3.05, 3.63) is 72.3 Å². The van der Waals surface area contributed by atoms with Crippen molar-refractivity contribution in [1.29, 1.82) is 0 Å². The molecule has 0 atom stereocenters. The van der Waals surface area contributed by atoms with E-state index < -0.39 is 0 Å². The van der Waals surface area contributed by atoms with Crippen LogP contribution in [0.15, 0.2) is 66.7 Å². The van der Waals surface area contributed by atoms with Gasteiger partial charge in [-0.1, -0.05) is 80.6 Å². The lowest BCUT2D eigenvalue weighted by Crippen LogP contribution is -1.93. The Hall–Kier alpha value is -2.08. The van der Waals surface area contributed by atoms with E-state index in [1.807, 2.05) is 0 Å². The molecule has 0 N–H and O–H groups in total. The molecule has 0 saturated heterocycles. The fourth-order valence-corrected chi connectivity index (χ4v) is 2.70. The van der Waals surface area contributed by atoms with E-state index in [9.17, 15) is 0 Å². The normalized spacial score (nSPS) is 11.1. The third-order valence-electron chi connectivity index (χ3n) is 3.65. The number of hydrogen-bond acceptors (Lipinski definition) is 0. The molecule has 0 heteroatoms. The molecule has 3 aromatic rings. The first-order valence-electron chi connectivity index (χ1n) is 6.84. The van der Waals surface area contributed by atoms with E-state index in [4.69, 9.17) is 0 Å². The summed E-state index contributed by atoms with van der Waals surface area (Å²) in [6.45, 7) is 4.52. The molecule has 0 nitrogen and oxygen atoms in total. The van der Waals surface area contributed by atoms with Gasteiger partial charge in [0.25, 0.3) is 0 Å². The summed E-state index contributed by atoms with van der Waals surface area (Å²) < 4.78 is 0. The van der Waals surface area contributed by atoms with Crippen LogP contribution in [-0.4, -0.2) is 0 Å². The van der Waals surface area contributed by atoms with Crippen molar-refractivity contribution in [2.75, 3.05) is 0 Å². The number of benzene rings is 3. The predicted octanol–water partition coefficient (Wildman–Crippen LogP) is 5.63. The molecule has 0 unspecified atom stereocenters. The molecule has 0 fully saturated rings. The lowest BCUT2D eigenvalue weighted by molar-refractivity contribution is 0.871. The van der Waals surface area contributed by atoms with E-state index in [0.717, 1.165) is 0 Å². The van der Waals surface area contributed by atoms with Gasteiger partial charge in [-0.3, -0.25) is 0 Å². The van der Waals surface area contributed by atoms with Crippen molar-refractivity contribution in [2.45, 2.75) is 19.8 Å². The van der Waals surface area contributed by atoms with Gasteiger partial charge in [0.2, 0.25) is 0 Å². The molecule has 3 aromatic carbocycles. The predicted molar refractivity (Wildman–Crippen MR) is 83.5 cm³/mol. The largest absolute Gasteiger partial charge is 0.0622 e. The van der Waals surface area contributed by atoms with Crippen molar-refractivity contribution in [3.63, 3.8) is 0 Å². The first kappa shape index (κ1) is 12.0. The molecule has 0 radical (unpaired) electrons. The maximum absolute atomic E-state index is 2.27. The van der Waals surface area contributed by atoms with E-state index in [-0.39, 0.29) is 0 Å². The van der Waals surface area contributed by atoms with E-state index in [1.54, 1.807) is 0 Å². The SMILES string of the molecule is CC(C)c1ccc2ccccc2c1-c1ccccc1. The minimum absolute atomic E-state index is 0.528. The van der Waals surface area contributed by atoms with Gasteiger partial charge in [-0.05, 0) is 33.4 Å². The molecular weight excluding hydrogens is 228 g/mol. The van der Waals surface area contributed by atoms with E-state index in [1.165, 1.54) is 27.5 Å². The summed E-state index contributed by atoms with van der Waals surface area (Å²) in [6, 6.07) is 23.8. The Morgan fingerprint density at radius 1 is 0.684 bits per heavy atom. The van der Waals surface area contributed by atoms with Crippen molar-refractivity contribution in [1.82, 2.24) is 0 Å². The molecule has 0 bridgehead atoms. The zero-order valence-corrected chi connectivity index (χ0v) is 11.4. The van der Waals surface area contributed by atoms with Crippen LogP contribution in [0.25, 0.3) is 21.9 Å². The van der Waals surface area contributed by atoms with Crippen molar-refractivity contribution < 1.29 is 0 Å². The highest BCUT2D eigenvalue weighted by atomic mass is 14.2. The highest BCUT2D eigenvalue weighted by Crippen LogP contribution is 2.35. The monoisotopic (exact) mass is 246 g/mol. The van der Waals surface area contributed by atoms with Crippen LogP contribution < -0.4 is 0 Å². The zero-order chi connectivity index (χ0) is 13.2. The van der Waals surface area contributed by atoms with Crippen molar-refractivity contribution >= 4 is 10.8 Å². The van der Waals surface area contributed by atoms with Crippen molar-refractivity contribution in [3.8, 4) is 11.1 Å². The van der Waals surface area contributed by atoms with Gasteiger partial charge in [-0.25, -0.2) is 0 Å². The van der Waals surface area contributed by atoms with Gasteiger partial charge < -0.3 is 0 Å². The Labute approximate surface area is 114 Å². The van der Waals surface area contributed by atoms with Gasteiger partial charge in [0.05, 0.1) is 0 Å². The van der Waals surface area contributed by atoms with Gasteiger partial charge in [0, 0.05) is 0 Å². The van der Waals surface area contributed by atoms with Crippen LogP contribution in [0.1, 0.15) is 25.3 Å². The summed E-state index contributed by atoms with van der Waals surface area (Å²) >= 11 is 0. The molecule has 0 amide bonds. The Bertz CT molecular complexity index is 694. The van der Waals surface area contributed by atoms with Crippen LogP contribution in [0.5, 0.6) is 0 Å². The molecule has 0 spiro atoms. The molecule has 0 aliphatic rings. The summed E-state index contributed by atoms with van der Waals surface area (Å²) in [4.78, 5) is 0. The first-order chi connectivity index (χ1) is 9.27. The minimum Gasteiger partial charge on any atom is -0.0622 e. The summed E-state index contributed by atoms with van der Waals surface area (Å²) in [5, 5.41) is 2.66. The van der Waals surface area contributed by atoms with Gasteiger partial charge >= 0.3 is 0 Å². The molecular formula is C19H18. The van der Waals surface area contributed by atoms with Crippen LogP contribution in [0.4, 0.5) is 0 Å². The highest BCUT2D eigenvalue weighted by molar-refractivity contribution is 5.98. The average Bonchev–Trinajstić information content (AvgIpc) is 2.46. The topological polar surface area (TPSA) is 0 Å². The molecule has 94 valence electrons. The van der Waals surface area contributed by atoms with Crippen LogP contribution in [-0.2, 0) is 0 Å². The Kier molecular flexibility index (Phi) is 3.08. The smallest absolute Gasteiger partial charge is 0.00707 e. The summed E-state index contributed by atoms with van der Waals surface area (Å²) in [6.07, 6.45) is 0. The summed E-state index contributed by atoms with van der Waals surface area (Å²) in [5.74, 6) is 0.528. The fraction of sp³-hybridized carbons (Fsp3) is 0.158. The van der Waals surface area contributed by atoms with E-state index in [2.05, 4.69) is 80.6 Å². The molecule has 19 heavy (non-hydrogen) atoms. The molecule has 0 aliphatic carbocycles. The van der Waals surface area contributed by atoms with Crippen LogP contribution >= 0.6 is 0 Å². The summed E-state index contributed by atoms with van der Waals surface area (Å²) in [5.41, 5.74) is 4.11. The second-order valence-electron chi connectivity index (χ2n) is 5.27. The fourth-order valence-electron chi connectivity index (χ4n) is 2.70. The molecule has 0 aromatic heterocycles. The summed E-state index contributed by atoms with van der Waals surface area (Å²) in [7, 11) is 0. The average molecular weight is 246 g/mol. The van der Waals surface area contributed by atoms with Crippen LogP contribution in [0, 0.1) is 0 Å². The molecule has 0 saturated carbocycles. The van der Waals surface area contributed by atoms with Gasteiger partial charge in [0.15, 0.2) is 0 Å². The third kappa shape index (κ3) is 2.15. The Morgan fingerprint density at radius 2 is 1.37 bits per heavy atom. The van der Waals surface area contributed by atoms with E-state index >= 15 is 0 Å². The van der Waals surface area contributed by atoms with Crippen LogP contribution in [0.2, 0.25) is 0 Å². The second-order valence-corrected chi connectivity index (χ2v) is 5.27. The molecule has 0 heterocycles. The molecule has 3 rings (SSSR count). The zero-order valence-electron chi connectivity index (χ0n) is 11.4. The van der Waals surface area contributed by atoms with Crippen LogP contribution in [0.3, 0.4) is 0 Å². The van der Waals surface area contributed by atoms with Crippen molar-refractivity contribution in [2.24, 2.45) is 0 Å². The Balaban J connectivity index is 2.39.